The Kier molecular flexibility index (Phi) is 4.29. The van der Waals surface area contributed by atoms with Crippen molar-refractivity contribution in [1.82, 2.24) is 0 Å². The van der Waals surface area contributed by atoms with E-state index >= 15 is 0 Å². The van der Waals surface area contributed by atoms with Crippen LogP contribution < -0.4 is 5.43 Å². The summed E-state index contributed by atoms with van der Waals surface area (Å²) in [5.41, 5.74) is 2.27. The van der Waals surface area contributed by atoms with Crippen LogP contribution in [-0.4, -0.2) is 5.17 Å². The van der Waals surface area contributed by atoms with E-state index in [0.29, 0.717) is 5.69 Å². The fourth-order valence-corrected chi connectivity index (χ4v) is 1.80. The van der Waals surface area contributed by atoms with Gasteiger partial charge in [0.15, 0.2) is 5.17 Å². The summed E-state index contributed by atoms with van der Waals surface area (Å²) in [6, 6.07) is 13.8. The smallest absolute Gasteiger partial charge is 0.277 e. The molecular weight excluding hydrogens is 289 g/mol. The predicted molar refractivity (Wildman–Crippen MR) is 73.9 cm³/mol. The van der Waals surface area contributed by atoms with E-state index in [4.69, 9.17) is 11.6 Å². The molecule has 0 fully saturated rings. The lowest BCUT2D eigenvalue weighted by atomic mass is 10.1. The second-order valence-corrected chi connectivity index (χ2v) is 4.28. The van der Waals surface area contributed by atoms with Gasteiger partial charge in [0.2, 0.25) is 0 Å². The lowest BCUT2D eigenvalue weighted by Gasteiger charge is -2.11. The largest absolute Gasteiger partial charge is 0.417 e. The van der Waals surface area contributed by atoms with Gasteiger partial charge in [-0.1, -0.05) is 48.0 Å². The number of anilines is 1. The molecule has 20 heavy (non-hydrogen) atoms. The van der Waals surface area contributed by atoms with Crippen LogP contribution in [-0.2, 0) is 6.18 Å². The van der Waals surface area contributed by atoms with Gasteiger partial charge in [-0.15, -0.1) is 0 Å². The molecule has 6 heteroatoms. The topological polar surface area (TPSA) is 24.4 Å². The minimum Gasteiger partial charge on any atom is -0.277 e. The first-order valence-electron chi connectivity index (χ1n) is 5.69. The SMILES string of the molecule is FC(F)(F)c1ccccc1C(Cl)=NNc1ccccc1. The van der Waals surface area contributed by atoms with Gasteiger partial charge in [0.1, 0.15) is 0 Å². The third kappa shape index (κ3) is 3.51. The minimum absolute atomic E-state index is 0.162. The van der Waals surface area contributed by atoms with Crippen LogP contribution in [0.25, 0.3) is 0 Å². The molecule has 104 valence electrons. The number of hydrazone groups is 1. The van der Waals surface area contributed by atoms with Crippen molar-refractivity contribution in [2.24, 2.45) is 5.10 Å². The van der Waals surface area contributed by atoms with Crippen molar-refractivity contribution in [2.75, 3.05) is 5.43 Å². The summed E-state index contributed by atoms with van der Waals surface area (Å²) >= 11 is 5.85. The van der Waals surface area contributed by atoms with Crippen LogP contribution >= 0.6 is 11.6 Å². The van der Waals surface area contributed by atoms with Gasteiger partial charge in [-0.25, -0.2) is 0 Å². The zero-order valence-electron chi connectivity index (χ0n) is 10.2. The Hall–Kier alpha value is -2.01. The van der Waals surface area contributed by atoms with E-state index in [2.05, 4.69) is 10.5 Å². The van der Waals surface area contributed by atoms with Crippen LogP contribution in [0.4, 0.5) is 18.9 Å². The Labute approximate surface area is 118 Å². The predicted octanol–water partition coefficient (Wildman–Crippen LogP) is 4.72. The third-order valence-electron chi connectivity index (χ3n) is 2.51. The summed E-state index contributed by atoms with van der Waals surface area (Å²) in [5.74, 6) is 0. The molecule has 2 rings (SSSR count). The monoisotopic (exact) mass is 298 g/mol. The lowest BCUT2D eigenvalue weighted by molar-refractivity contribution is -0.137. The van der Waals surface area contributed by atoms with Gasteiger partial charge < -0.3 is 0 Å². The molecule has 0 unspecified atom stereocenters. The standard InChI is InChI=1S/C14H10ClF3N2/c15-13(20-19-10-6-2-1-3-7-10)11-8-4-5-9-12(11)14(16,17)18/h1-9,19H. The molecule has 0 aliphatic carbocycles. The van der Waals surface area contributed by atoms with Crippen molar-refractivity contribution in [3.8, 4) is 0 Å². The van der Waals surface area contributed by atoms with E-state index in [-0.39, 0.29) is 10.7 Å². The Morgan fingerprint density at radius 1 is 0.950 bits per heavy atom. The number of alkyl halides is 3. The van der Waals surface area contributed by atoms with Gasteiger partial charge in [-0.05, 0) is 18.2 Å². The summed E-state index contributed by atoms with van der Waals surface area (Å²) in [7, 11) is 0. The van der Waals surface area contributed by atoms with Crippen molar-refractivity contribution in [1.29, 1.82) is 0 Å². The summed E-state index contributed by atoms with van der Waals surface area (Å²) in [4.78, 5) is 0. The van der Waals surface area contributed by atoms with E-state index < -0.39 is 11.7 Å². The van der Waals surface area contributed by atoms with Gasteiger partial charge in [-0.2, -0.15) is 18.3 Å². The Morgan fingerprint density at radius 2 is 1.55 bits per heavy atom. The zero-order chi connectivity index (χ0) is 14.6. The molecule has 0 heterocycles. The molecule has 0 radical (unpaired) electrons. The minimum atomic E-state index is -4.47. The quantitative estimate of drug-likeness (QED) is 0.643. The van der Waals surface area contributed by atoms with E-state index in [1.807, 2.05) is 6.07 Å². The highest BCUT2D eigenvalue weighted by molar-refractivity contribution is 6.69. The maximum Gasteiger partial charge on any atom is 0.417 e. The van der Waals surface area contributed by atoms with Crippen LogP contribution in [0.15, 0.2) is 59.7 Å². The van der Waals surface area contributed by atoms with Crippen LogP contribution in [0.3, 0.4) is 0 Å². The lowest BCUT2D eigenvalue weighted by Crippen LogP contribution is -2.11. The van der Waals surface area contributed by atoms with E-state index in [1.54, 1.807) is 24.3 Å². The molecule has 0 saturated carbocycles. The van der Waals surface area contributed by atoms with Gasteiger partial charge >= 0.3 is 6.18 Å². The molecular formula is C14H10ClF3N2. The molecule has 2 aromatic carbocycles. The van der Waals surface area contributed by atoms with Crippen molar-refractivity contribution in [3.05, 3.63) is 65.7 Å². The highest BCUT2D eigenvalue weighted by atomic mass is 35.5. The molecule has 0 spiro atoms. The summed E-state index contributed by atoms with van der Waals surface area (Å²) in [5, 5.41) is 3.52. The van der Waals surface area contributed by atoms with Crippen LogP contribution in [0, 0.1) is 0 Å². The number of halogens is 4. The van der Waals surface area contributed by atoms with Crippen molar-refractivity contribution < 1.29 is 13.2 Å². The maximum atomic E-state index is 12.8. The average molecular weight is 299 g/mol. The van der Waals surface area contributed by atoms with Crippen molar-refractivity contribution in [2.45, 2.75) is 6.18 Å². The summed E-state index contributed by atoms with van der Waals surface area (Å²) < 4.78 is 38.5. The molecule has 0 atom stereocenters. The van der Waals surface area contributed by atoms with Gasteiger partial charge in [0.05, 0.1) is 11.3 Å². The van der Waals surface area contributed by atoms with Crippen LogP contribution in [0.2, 0.25) is 0 Å². The first-order chi connectivity index (χ1) is 9.48. The van der Waals surface area contributed by atoms with E-state index in [0.717, 1.165) is 6.07 Å². The van der Waals surface area contributed by atoms with Gasteiger partial charge in [0, 0.05) is 5.56 Å². The molecule has 2 aromatic rings. The van der Waals surface area contributed by atoms with Crippen molar-refractivity contribution >= 4 is 22.5 Å². The highest BCUT2D eigenvalue weighted by Crippen LogP contribution is 2.32. The number of benzene rings is 2. The Morgan fingerprint density at radius 3 is 2.20 bits per heavy atom. The number of rotatable bonds is 3. The third-order valence-corrected chi connectivity index (χ3v) is 2.80. The second kappa shape index (κ2) is 5.96. The summed E-state index contributed by atoms with van der Waals surface area (Å²) in [6.07, 6.45) is -4.47. The first kappa shape index (κ1) is 14.4. The molecule has 0 saturated heterocycles. The zero-order valence-corrected chi connectivity index (χ0v) is 10.9. The Bertz CT molecular complexity index is 609. The van der Waals surface area contributed by atoms with Crippen LogP contribution in [0.1, 0.15) is 11.1 Å². The number of hydrogen-bond acceptors (Lipinski definition) is 2. The van der Waals surface area contributed by atoms with E-state index in [1.165, 1.54) is 18.2 Å². The van der Waals surface area contributed by atoms with Gasteiger partial charge in [0.25, 0.3) is 0 Å². The molecule has 2 nitrogen and oxygen atoms in total. The fourth-order valence-electron chi connectivity index (χ4n) is 1.60. The fraction of sp³-hybridized carbons (Fsp3) is 0.0714. The van der Waals surface area contributed by atoms with E-state index in [9.17, 15) is 13.2 Å². The molecule has 0 amide bonds. The number of nitrogens with one attached hydrogen (secondary N) is 1. The number of hydrogen-bond donors (Lipinski definition) is 1. The van der Waals surface area contributed by atoms with Gasteiger partial charge in [-0.3, -0.25) is 5.43 Å². The van der Waals surface area contributed by atoms with Crippen molar-refractivity contribution in [3.63, 3.8) is 0 Å². The molecule has 1 N–H and O–H groups in total. The highest BCUT2D eigenvalue weighted by Gasteiger charge is 2.33. The molecule has 0 aromatic heterocycles. The van der Waals surface area contributed by atoms with Crippen LogP contribution in [0.5, 0.6) is 0 Å². The second-order valence-electron chi connectivity index (χ2n) is 3.92. The normalized spacial score (nSPS) is 12.3. The molecule has 0 bridgehead atoms. The first-order valence-corrected chi connectivity index (χ1v) is 6.07. The maximum absolute atomic E-state index is 12.8. The number of nitrogens with zero attached hydrogens (tertiary/aromatic N) is 1. The Balaban J connectivity index is 2.27. The summed E-state index contributed by atoms with van der Waals surface area (Å²) in [6.45, 7) is 0. The molecule has 0 aliphatic rings. The average Bonchev–Trinajstić information content (AvgIpc) is 2.45. The number of para-hydroxylation sites is 1. The molecule has 0 aliphatic heterocycles.